The maximum atomic E-state index is 10.9. The molecular formula is C30H50O. The molecule has 1 heteroatoms. The summed E-state index contributed by atoms with van der Waals surface area (Å²) in [7, 11) is 0. The molecule has 0 amide bonds. The summed E-state index contributed by atoms with van der Waals surface area (Å²) in [6.07, 6.45) is 14.5. The zero-order valence-corrected chi connectivity index (χ0v) is 22.0. The summed E-state index contributed by atoms with van der Waals surface area (Å²) in [5.74, 6) is 1.50. The van der Waals surface area contributed by atoms with Crippen molar-refractivity contribution in [3.05, 3.63) is 11.1 Å². The van der Waals surface area contributed by atoms with Crippen molar-refractivity contribution in [3.8, 4) is 0 Å². The average molecular weight is 427 g/mol. The van der Waals surface area contributed by atoms with E-state index in [2.05, 4.69) is 55.4 Å². The number of fused-ring (bicyclic) bond motifs is 6. The number of aliphatic hydroxyl groups is 1. The lowest BCUT2D eigenvalue weighted by Crippen LogP contribution is -2.61. The normalized spacial score (nSPS) is 53.1. The summed E-state index contributed by atoms with van der Waals surface area (Å²) < 4.78 is 0. The van der Waals surface area contributed by atoms with Gasteiger partial charge in [0.1, 0.15) is 0 Å². The van der Waals surface area contributed by atoms with E-state index in [1.807, 2.05) is 11.1 Å². The molecule has 1 N–H and O–H groups in total. The highest BCUT2D eigenvalue weighted by atomic mass is 16.3. The lowest BCUT2D eigenvalue weighted by molar-refractivity contribution is -0.154. The largest absolute Gasteiger partial charge is 0.393 e. The first-order valence-corrected chi connectivity index (χ1v) is 13.6. The summed E-state index contributed by atoms with van der Waals surface area (Å²) in [4.78, 5) is 0. The van der Waals surface area contributed by atoms with Crippen LogP contribution in [0.5, 0.6) is 0 Å². The van der Waals surface area contributed by atoms with Gasteiger partial charge in [-0.15, -0.1) is 0 Å². The molecule has 0 radical (unpaired) electrons. The van der Waals surface area contributed by atoms with Crippen LogP contribution in [0.2, 0.25) is 0 Å². The van der Waals surface area contributed by atoms with E-state index in [0.29, 0.717) is 33.0 Å². The van der Waals surface area contributed by atoms with Crippen LogP contribution in [0.25, 0.3) is 0 Å². The van der Waals surface area contributed by atoms with E-state index < -0.39 is 0 Å². The molecule has 0 aromatic carbocycles. The minimum Gasteiger partial charge on any atom is -0.393 e. The summed E-state index contributed by atoms with van der Waals surface area (Å²) in [6.45, 7) is 20.5. The Morgan fingerprint density at radius 2 is 1.35 bits per heavy atom. The van der Waals surface area contributed by atoms with Gasteiger partial charge >= 0.3 is 0 Å². The van der Waals surface area contributed by atoms with Crippen molar-refractivity contribution >= 4 is 0 Å². The molecule has 0 spiro atoms. The van der Waals surface area contributed by atoms with Gasteiger partial charge in [0.15, 0.2) is 0 Å². The van der Waals surface area contributed by atoms with Crippen LogP contribution in [-0.2, 0) is 0 Å². The molecule has 0 aromatic heterocycles. The maximum absolute atomic E-state index is 10.9. The summed E-state index contributed by atoms with van der Waals surface area (Å²) in [5.41, 5.74) is 6.02. The maximum Gasteiger partial charge on any atom is 0.0594 e. The van der Waals surface area contributed by atoms with Gasteiger partial charge in [0.25, 0.3) is 0 Å². The zero-order valence-electron chi connectivity index (χ0n) is 22.0. The SMILES string of the molecule is CC1(C)CC[C@]2(C)CC[C@]3(C)C4=C(CC[C@@]3(C)[C@@H]2C1)[C@@]1(C)CC[C@@H](O)C(C)(C)[C@H]1CC4. The molecular weight excluding hydrogens is 376 g/mol. The Hall–Kier alpha value is -0.300. The molecule has 5 aliphatic carbocycles. The standard InChI is InChI=1S/C30H50O/c1-25(2)15-16-27(5)17-18-29(7)21-9-10-22-26(3,4)24(31)12-13-28(22,6)20(21)11-14-30(29,8)23(27)19-25/h22-24,31H,9-19H2,1-8H3/t22-,23-,24-,27-,28-,29-,30+/m1/s1. The highest BCUT2D eigenvalue weighted by Crippen LogP contribution is 2.75. The van der Waals surface area contributed by atoms with E-state index in [1.54, 1.807) is 0 Å². The molecule has 0 aliphatic heterocycles. The van der Waals surface area contributed by atoms with Crippen molar-refractivity contribution in [2.24, 2.45) is 44.3 Å². The Kier molecular flexibility index (Phi) is 4.66. The van der Waals surface area contributed by atoms with E-state index in [4.69, 9.17) is 0 Å². The van der Waals surface area contributed by atoms with E-state index in [1.165, 1.54) is 64.2 Å². The van der Waals surface area contributed by atoms with Crippen LogP contribution in [0.3, 0.4) is 0 Å². The molecule has 0 aromatic rings. The van der Waals surface area contributed by atoms with Gasteiger partial charge in [-0.1, -0.05) is 66.5 Å². The second-order valence-corrected chi connectivity index (χ2v) is 15.2. The van der Waals surface area contributed by atoms with Crippen molar-refractivity contribution in [1.82, 2.24) is 0 Å². The van der Waals surface area contributed by atoms with Crippen LogP contribution in [-0.4, -0.2) is 11.2 Å². The second kappa shape index (κ2) is 6.43. The van der Waals surface area contributed by atoms with Gasteiger partial charge < -0.3 is 5.11 Å². The van der Waals surface area contributed by atoms with Crippen molar-refractivity contribution in [1.29, 1.82) is 0 Å². The molecule has 1 nitrogen and oxygen atoms in total. The third-order valence-electron chi connectivity index (χ3n) is 13.0. The van der Waals surface area contributed by atoms with E-state index in [0.717, 1.165) is 12.3 Å². The molecule has 7 atom stereocenters. The number of allylic oxidation sites excluding steroid dienone is 2. The Balaban J connectivity index is 1.59. The molecule has 0 bridgehead atoms. The molecule has 3 saturated carbocycles. The highest BCUT2D eigenvalue weighted by Gasteiger charge is 2.65. The van der Waals surface area contributed by atoms with Crippen LogP contribution in [0, 0.1) is 44.3 Å². The van der Waals surface area contributed by atoms with Crippen LogP contribution >= 0.6 is 0 Å². The third kappa shape index (κ3) is 2.77. The fourth-order valence-corrected chi connectivity index (χ4v) is 10.4. The summed E-state index contributed by atoms with van der Waals surface area (Å²) >= 11 is 0. The van der Waals surface area contributed by atoms with Crippen molar-refractivity contribution in [2.75, 3.05) is 0 Å². The average Bonchev–Trinajstić information content (AvgIpc) is 2.68. The predicted octanol–water partition coefficient (Wildman–Crippen LogP) is 8.31. The lowest BCUT2D eigenvalue weighted by atomic mass is 9.35. The van der Waals surface area contributed by atoms with E-state index in [9.17, 15) is 5.11 Å². The number of aliphatic hydroxyl groups excluding tert-OH is 1. The van der Waals surface area contributed by atoms with Gasteiger partial charge in [0.2, 0.25) is 0 Å². The first kappa shape index (κ1) is 22.5. The monoisotopic (exact) mass is 426 g/mol. The van der Waals surface area contributed by atoms with Crippen LogP contribution in [0.4, 0.5) is 0 Å². The Morgan fingerprint density at radius 3 is 2.06 bits per heavy atom. The summed E-state index contributed by atoms with van der Waals surface area (Å²) in [6, 6.07) is 0. The Bertz CT molecular complexity index is 803. The van der Waals surface area contributed by atoms with Crippen molar-refractivity contribution in [2.45, 2.75) is 132 Å². The Labute approximate surface area is 192 Å². The van der Waals surface area contributed by atoms with Gasteiger partial charge in [0, 0.05) is 0 Å². The van der Waals surface area contributed by atoms with E-state index >= 15 is 0 Å². The first-order valence-electron chi connectivity index (χ1n) is 13.6. The van der Waals surface area contributed by atoms with Crippen LogP contribution in [0.15, 0.2) is 11.1 Å². The zero-order chi connectivity index (χ0) is 22.7. The van der Waals surface area contributed by atoms with Gasteiger partial charge in [-0.3, -0.25) is 0 Å². The Morgan fingerprint density at radius 1 is 0.677 bits per heavy atom. The fraction of sp³-hybridized carbons (Fsp3) is 0.933. The predicted molar refractivity (Wildman–Crippen MR) is 131 cm³/mol. The van der Waals surface area contributed by atoms with Gasteiger partial charge in [-0.25, -0.2) is 0 Å². The van der Waals surface area contributed by atoms with E-state index in [-0.39, 0.29) is 11.5 Å². The molecule has 0 unspecified atom stereocenters. The topological polar surface area (TPSA) is 20.2 Å². The molecule has 176 valence electrons. The van der Waals surface area contributed by atoms with Crippen LogP contribution < -0.4 is 0 Å². The van der Waals surface area contributed by atoms with Crippen molar-refractivity contribution < 1.29 is 5.11 Å². The summed E-state index contributed by atoms with van der Waals surface area (Å²) in [5, 5.41) is 10.9. The second-order valence-electron chi connectivity index (χ2n) is 15.2. The third-order valence-corrected chi connectivity index (χ3v) is 13.0. The van der Waals surface area contributed by atoms with Crippen molar-refractivity contribution in [3.63, 3.8) is 0 Å². The molecule has 31 heavy (non-hydrogen) atoms. The number of hydrogen-bond donors (Lipinski definition) is 1. The molecule has 5 rings (SSSR count). The molecule has 0 saturated heterocycles. The first-order chi connectivity index (χ1) is 14.2. The lowest BCUT2D eigenvalue weighted by Gasteiger charge is -2.69. The minimum atomic E-state index is -0.128. The smallest absolute Gasteiger partial charge is 0.0594 e. The van der Waals surface area contributed by atoms with Crippen LogP contribution in [0.1, 0.15) is 126 Å². The molecule has 5 aliphatic rings. The fourth-order valence-electron chi connectivity index (χ4n) is 10.4. The molecule has 3 fully saturated rings. The van der Waals surface area contributed by atoms with Gasteiger partial charge in [-0.05, 0) is 115 Å². The highest BCUT2D eigenvalue weighted by molar-refractivity contribution is 5.38. The molecule has 0 heterocycles. The van der Waals surface area contributed by atoms with Gasteiger partial charge in [-0.2, -0.15) is 0 Å². The van der Waals surface area contributed by atoms with Gasteiger partial charge in [0.05, 0.1) is 6.10 Å². The quantitative estimate of drug-likeness (QED) is 0.386. The minimum absolute atomic E-state index is 0.0473. The number of rotatable bonds is 0. The number of hydrogen-bond acceptors (Lipinski definition) is 1.